The Kier molecular flexibility index (Phi) is 1.83. The summed E-state index contributed by atoms with van der Waals surface area (Å²) < 4.78 is 8.98. The molecule has 1 aromatic rings. The van der Waals surface area contributed by atoms with Gasteiger partial charge in [-0.05, 0) is 12.5 Å². The van der Waals surface area contributed by atoms with Crippen molar-refractivity contribution in [2.24, 2.45) is 0 Å². The minimum Gasteiger partial charge on any atom is -0.273 e. The minimum atomic E-state index is 0.496. The third-order valence-corrected chi connectivity index (χ3v) is 1.24. The van der Waals surface area contributed by atoms with E-state index in [4.69, 9.17) is 1.37 Å². The maximum atomic E-state index is 7.17. The van der Waals surface area contributed by atoms with Crippen LogP contribution in [-0.2, 0) is 6.54 Å². The van der Waals surface area contributed by atoms with Gasteiger partial charge in [0.25, 0.3) is 0 Å². The van der Waals surface area contributed by atoms with E-state index in [0.717, 1.165) is 13.0 Å². The van der Waals surface area contributed by atoms with E-state index in [1.165, 1.54) is 6.42 Å². The fourth-order valence-electron chi connectivity index (χ4n) is 0.703. The Hall–Kier alpha value is -0.790. The van der Waals surface area contributed by atoms with Crippen molar-refractivity contribution in [1.82, 2.24) is 9.78 Å². The standard InChI is InChI=1S/C7H12N2/c1-2-3-6-9-7-4-5-8-9/h4-5,7H,2-3,6H2,1H3/i4D. The summed E-state index contributed by atoms with van der Waals surface area (Å²) in [7, 11) is 0. The highest BCUT2D eigenvalue weighted by molar-refractivity contribution is 4.77. The van der Waals surface area contributed by atoms with E-state index < -0.39 is 0 Å². The molecular weight excluding hydrogens is 112 g/mol. The number of aromatic nitrogens is 2. The lowest BCUT2D eigenvalue weighted by atomic mass is 10.3. The normalized spacial score (nSPS) is 11.4. The largest absolute Gasteiger partial charge is 0.273 e. The second-order valence-electron chi connectivity index (χ2n) is 2.06. The summed E-state index contributed by atoms with van der Waals surface area (Å²) in [6.45, 7) is 3.08. The molecule has 2 nitrogen and oxygen atoms in total. The molecule has 0 fully saturated rings. The van der Waals surface area contributed by atoms with Gasteiger partial charge in [0.2, 0.25) is 0 Å². The molecule has 1 aromatic heterocycles. The first-order valence-corrected chi connectivity index (χ1v) is 3.32. The van der Waals surface area contributed by atoms with Crippen molar-refractivity contribution >= 4 is 0 Å². The summed E-state index contributed by atoms with van der Waals surface area (Å²) in [4.78, 5) is 0. The molecule has 0 spiro atoms. The lowest BCUT2D eigenvalue weighted by Crippen LogP contribution is -1.96. The molecule has 0 bridgehead atoms. The zero-order valence-electron chi connectivity index (χ0n) is 6.67. The van der Waals surface area contributed by atoms with Crippen LogP contribution in [0, 0.1) is 0 Å². The van der Waals surface area contributed by atoms with Crippen LogP contribution in [0.1, 0.15) is 21.1 Å². The van der Waals surface area contributed by atoms with Gasteiger partial charge in [0, 0.05) is 18.9 Å². The van der Waals surface area contributed by atoms with Crippen LogP contribution in [-0.4, -0.2) is 9.78 Å². The van der Waals surface area contributed by atoms with Gasteiger partial charge in [-0.25, -0.2) is 0 Å². The Balaban J connectivity index is 2.42. The van der Waals surface area contributed by atoms with Crippen LogP contribution >= 0.6 is 0 Å². The van der Waals surface area contributed by atoms with Crippen LogP contribution in [0.2, 0.25) is 0 Å². The highest BCUT2D eigenvalue weighted by Gasteiger charge is 1.85. The molecule has 0 aliphatic heterocycles. The molecule has 0 saturated carbocycles. The Morgan fingerprint density at radius 2 is 2.67 bits per heavy atom. The van der Waals surface area contributed by atoms with Crippen molar-refractivity contribution in [3.63, 3.8) is 0 Å². The van der Waals surface area contributed by atoms with Crippen LogP contribution < -0.4 is 0 Å². The number of unbranched alkanes of at least 4 members (excludes halogenated alkanes) is 1. The monoisotopic (exact) mass is 125 g/mol. The molecule has 1 heterocycles. The third kappa shape index (κ3) is 1.88. The lowest BCUT2D eigenvalue weighted by Gasteiger charge is -1.95. The highest BCUT2D eigenvalue weighted by atomic mass is 15.3. The fourth-order valence-corrected chi connectivity index (χ4v) is 0.703. The van der Waals surface area contributed by atoms with Crippen LogP contribution in [0.25, 0.3) is 0 Å². The first-order chi connectivity index (χ1) is 4.83. The second kappa shape index (κ2) is 3.28. The molecule has 0 N–H and O–H groups in total. The summed E-state index contributed by atoms with van der Waals surface area (Å²) in [5.74, 6) is 0. The van der Waals surface area contributed by atoms with E-state index in [9.17, 15) is 0 Å². The molecule has 0 aromatic carbocycles. The molecule has 1 rings (SSSR count). The molecule has 0 amide bonds. The van der Waals surface area contributed by atoms with Crippen molar-refractivity contribution < 1.29 is 1.37 Å². The van der Waals surface area contributed by atoms with Crippen molar-refractivity contribution in [1.29, 1.82) is 0 Å². The number of nitrogens with zero attached hydrogens (tertiary/aromatic N) is 2. The van der Waals surface area contributed by atoms with E-state index in [1.807, 2.05) is 4.68 Å². The van der Waals surface area contributed by atoms with Crippen molar-refractivity contribution in [3.8, 4) is 0 Å². The molecule has 9 heavy (non-hydrogen) atoms. The summed E-state index contributed by atoms with van der Waals surface area (Å²) >= 11 is 0. The smallest absolute Gasteiger partial charge is 0.0656 e. The maximum absolute atomic E-state index is 7.17. The predicted octanol–water partition coefficient (Wildman–Crippen LogP) is 1.68. The summed E-state index contributed by atoms with van der Waals surface area (Å²) in [6.07, 6.45) is 5.62. The molecular formula is C7H12N2. The molecule has 0 aliphatic carbocycles. The van der Waals surface area contributed by atoms with Crippen molar-refractivity contribution in [3.05, 3.63) is 18.4 Å². The van der Waals surface area contributed by atoms with Gasteiger partial charge in [0.1, 0.15) is 0 Å². The number of hydrogen-bond donors (Lipinski definition) is 0. The summed E-state index contributed by atoms with van der Waals surface area (Å²) in [6, 6.07) is 0.496. The SMILES string of the molecule is [2H]c1cnn(CCCC)c1. The Labute approximate surface area is 56.9 Å². The molecule has 2 heteroatoms. The minimum absolute atomic E-state index is 0.496. The van der Waals surface area contributed by atoms with Gasteiger partial charge in [-0.15, -0.1) is 0 Å². The van der Waals surface area contributed by atoms with E-state index >= 15 is 0 Å². The van der Waals surface area contributed by atoms with Gasteiger partial charge in [-0.2, -0.15) is 5.10 Å². The molecule has 0 radical (unpaired) electrons. The lowest BCUT2D eigenvalue weighted by molar-refractivity contribution is 0.572. The number of aryl methyl sites for hydroxylation is 1. The van der Waals surface area contributed by atoms with Crippen LogP contribution in [0.15, 0.2) is 18.4 Å². The molecule has 50 valence electrons. The summed E-state index contributed by atoms with van der Waals surface area (Å²) in [5, 5.41) is 3.98. The van der Waals surface area contributed by atoms with Crippen LogP contribution in [0.3, 0.4) is 0 Å². The van der Waals surface area contributed by atoms with Crippen molar-refractivity contribution in [2.45, 2.75) is 26.3 Å². The van der Waals surface area contributed by atoms with Crippen LogP contribution in [0.4, 0.5) is 0 Å². The van der Waals surface area contributed by atoms with Crippen molar-refractivity contribution in [2.75, 3.05) is 0 Å². The zero-order chi connectivity index (χ0) is 7.40. The first-order valence-electron chi connectivity index (χ1n) is 3.82. The van der Waals surface area contributed by atoms with E-state index in [-0.39, 0.29) is 0 Å². The highest BCUT2D eigenvalue weighted by Crippen LogP contribution is 1.91. The fraction of sp³-hybridized carbons (Fsp3) is 0.571. The van der Waals surface area contributed by atoms with Gasteiger partial charge in [0.15, 0.2) is 0 Å². The molecule has 0 unspecified atom stereocenters. The Morgan fingerprint density at radius 1 is 1.78 bits per heavy atom. The molecule has 0 atom stereocenters. The Morgan fingerprint density at radius 3 is 3.22 bits per heavy atom. The molecule has 0 saturated heterocycles. The van der Waals surface area contributed by atoms with Crippen LogP contribution in [0.5, 0.6) is 0 Å². The molecule has 0 aliphatic rings. The summed E-state index contributed by atoms with van der Waals surface area (Å²) in [5.41, 5.74) is 0. The maximum Gasteiger partial charge on any atom is 0.0656 e. The van der Waals surface area contributed by atoms with Gasteiger partial charge in [0.05, 0.1) is 1.37 Å². The number of rotatable bonds is 3. The second-order valence-corrected chi connectivity index (χ2v) is 2.06. The van der Waals surface area contributed by atoms with Gasteiger partial charge in [-0.1, -0.05) is 13.3 Å². The van der Waals surface area contributed by atoms with E-state index in [0.29, 0.717) is 6.04 Å². The topological polar surface area (TPSA) is 17.8 Å². The zero-order valence-corrected chi connectivity index (χ0v) is 5.67. The quantitative estimate of drug-likeness (QED) is 0.601. The van der Waals surface area contributed by atoms with E-state index in [1.54, 1.807) is 12.4 Å². The van der Waals surface area contributed by atoms with Gasteiger partial charge in [-0.3, -0.25) is 4.68 Å². The Bertz CT molecular complexity index is 195. The average molecular weight is 125 g/mol. The predicted molar refractivity (Wildman–Crippen MR) is 37.1 cm³/mol. The average Bonchev–Trinajstić information content (AvgIpc) is 2.31. The first kappa shape index (κ1) is 5.03. The third-order valence-electron chi connectivity index (χ3n) is 1.24. The van der Waals surface area contributed by atoms with E-state index in [2.05, 4.69) is 12.0 Å². The van der Waals surface area contributed by atoms with Gasteiger partial charge >= 0.3 is 0 Å². The number of hydrogen-bond acceptors (Lipinski definition) is 1. The van der Waals surface area contributed by atoms with Gasteiger partial charge < -0.3 is 0 Å².